The van der Waals surface area contributed by atoms with E-state index < -0.39 is 6.09 Å². The molecule has 4 nitrogen and oxygen atoms in total. The molecule has 1 aliphatic carbocycles. The van der Waals surface area contributed by atoms with Crippen LogP contribution in [0, 0.1) is 6.92 Å². The maximum Gasteiger partial charge on any atom is 0.417 e. The summed E-state index contributed by atoms with van der Waals surface area (Å²) in [7, 11) is 0. The van der Waals surface area contributed by atoms with Crippen molar-refractivity contribution in [2.45, 2.75) is 19.8 Å². The van der Waals surface area contributed by atoms with Gasteiger partial charge in [-0.3, -0.25) is 5.32 Å². The first-order valence-electron chi connectivity index (χ1n) is 5.80. The van der Waals surface area contributed by atoms with Gasteiger partial charge in [0.2, 0.25) is 0 Å². The minimum atomic E-state index is -0.559. The summed E-state index contributed by atoms with van der Waals surface area (Å²) in [6.45, 7) is 1.79. The van der Waals surface area contributed by atoms with Crippen LogP contribution in [0.2, 0.25) is 0 Å². The van der Waals surface area contributed by atoms with Gasteiger partial charge in [0.25, 0.3) is 0 Å². The van der Waals surface area contributed by atoms with E-state index in [1.165, 1.54) is 6.07 Å². The van der Waals surface area contributed by atoms with Crippen LogP contribution < -0.4 is 5.32 Å². The highest BCUT2D eigenvalue weighted by molar-refractivity contribution is 5.85. The normalized spacial score (nSPS) is 13.9. The van der Waals surface area contributed by atoms with Gasteiger partial charge in [-0.25, -0.2) is 4.79 Å². The molecule has 0 saturated carbocycles. The molecule has 1 aromatic carbocycles. The number of carbonyl (C=O) groups is 1. The molecule has 0 spiro atoms. The van der Waals surface area contributed by atoms with Crippen molar-refractivity contribution in [2.24, 2.45) is 0 Å². The van der Waals surface area contributed by atoms with Crippen LogP contribution in [-0.4, -0.2) is 11.2 Å². The van der Waals surface area contributed by atoms with Crippen molar-refractivity contribution in [1.29, 1.82) is 0 Å². The highest BCUT2D eigenvalue weighted by Gasteiger charge is 2.08. The summed E-state index contributed by atoms with van der Waals surface area (Å²) in [5, 5.41) is 12.1. The Hall–Kier alpha value is -2.23. The van der Waals surface area contributed by atoms with Crippen molar-refractivity contribution in [2.75, 3.05) is 5.32 Å². The fourth-order valence-electron chi connectivity index (χ4n) is 1.60. The summed E-state index contributed by atoms with van der Waals surface area (Å²) in [5.41, 5.74) is 1.26. The van der Waals surface area contributed by atoms with Crippen molar-refractivity contribution in [3.63, 3.8) is 0 Å². The third-order valence-corrected chi connectivity index (χ3v) is 2.63. The largest absolute Gasteiger partial charge is 0.508 e. The molecule has 0 heterocycles. The lowest BCUT2D eigenvalue weighted by molar-refractivity contribution is 0.194. The van der Waals surface area contributed by atoms with Crippen molar-refractivity contribution in [3.8, 4) is 5.75 Å². The lowest BCUT2D eigenvalue weighted by Gasteiger charge is -2.10. The van der Waals surface area contributed by atoms with Crippen LogP contribution in [0.1, 0.15) is 18.4 Å². The highest BCUT2D eigenvalue weighted by Crippen LogP contribution is 2.21. The molecule has 1 aromatic rings. The first-order valence-corrected chi connectivity index (χ1v) is 5.80. The SMILES string of the molecule is Cc1ccc(NC(=O)OC2=CCCC=C2)cc1O. The van der Waals surface area contributed by atoms with E-state index >= 15 is 0 Å². The van der Waals surface area contributed by atoms with Crippen LogP contribution in [0.15, 0.2) is 42.2 Å². The number of carbonyl (C=O) groups excluding carboxylic acids is 1. The molecule has 2 rings (SSSR count). The molecule has 0 fully saturated rings. The summed E-state index contributed by atoms with van der Waals surface area (Å²) in [4.78, 5) is 11.6. The third-order valence-electron chi connectivity index (χ3n) is 2.63. The summed E-state index contributed by atoms with van der Waals surface area (Å²) in [5.74, 6) is 0.694. The number of ether oxygens (including phenoxy) is 1. The molecular weight excluding hydrogens is 230 g/mol. The molecular formula is C14H15NO3. The van der Waals surface area contributed by atoms with Crippen molar-refractivity contribution >= 4 is 11.8 Å². The zero-order chi connectivity index (χ0) is 13.0. The van der Waals surface area contributed by atoms with Gasteiger partial charge in [-0.1, -0.05) is 12.1 Å². The van der Waals surface area contributed by atoms with Gasteiger partial charge in [0, 0.05) is 11.8 Å². The third kappa shape index (κ3) is 3.13. The van der Waals surface area contributed by atoms with Gasteiger partial charge >= 0.3 is 6.09 Å². The standard InChI is InChI=1S/C14H15NO3/c1-10-7-8-11(9-13(10)16)15-14(17)18-12-5-3-2-4-6-12/h3,5-9,16H,2,4H2,1H3,(H,15,17). The predicted molar refractivity (Wildman–Crippen MR) is 69.4 cm³/mol. The second-order valence-corrected chi connectivity index (χ2v) is 4.10. The number of anilines is 1. The van der Waals surface area contributed by atoms with Gasteiger partial charge in [0.1, 0.15) is 11.5 Å². The highest BCUT2D eigenvalue weighted by atomic mass is 16.6. The minimum Gasteiger partial charge on any atom is -0.508 e. The molecule has 0 aromatic heterocycles. The molecule has 0 bridgehead atoms. The van der Waals surface area contributed by atoms with Crippen LogP contribution in [0.3, 0.4) is 0 Å². The van der Waals surface area contributed by atoms with E-state index in [9.17, 15) is 9.90 Å². The van der Waals surface area contributed by atoms with E-state index in [0.717, 1.165) is 18.4 Å². The van der Waals surface area contributed by atoms with Gasteiger partial charge in [-0.05, 0) is 43.5 Å². The molecule has 4 heteroatoms. The second-order valence-electron chi connectivity index (χ2n) is 4.10. The monoisotopic (exact) mass is 245 g/mol. The lowest BCUT2D eigenvalue weighted by Crippen LogP contribution is -2.13. The number of amides is 1. The maximum atomic E-state index is 11.6. The van der Waals surface area contributed by atoms with Crippen LogP contribution in [0.4, 0.5) is 10.5 Å². The minimum absolute atomic E-state index is 0.143. The molecule has 18 heavy (non-hydrogen) atoms. The molecule has 0 atom stereocenters. The van der Waals surface area contributed by atoms with Crippen molar-refractivity contribution in [1.82, 2.24) is 0 Å². The quantitative estimate of drug-likeness (QED) is 0.838. The number of hydrogen-bond acceptors (Lipinski definition) is 3. The van der Waals surface area contributed by atoms with Gasteiger partial charge < -0.3 is 9.84 Å². The Morgan fingerprint density at radius 1 is 1.39 bits per heavy atom. The fraction of sp³-hybridized carbons (Fsp3) is 0.214. The van der Waals surface area contributed by atoms with Crippen LogP contribution in [0.5, 0.6) is 5.75 Å². The molecule has 2 N–H and O–H groups in total. The molecule has 0 radical (unpaired) electrons. The number of aryl methyl sites for hydroxylation is 1. The molecule has 94 valence electrons. The van der Waals surface area contributed by atoms with Gasteiger partial charge in [0.15, 0.2) is 0 Å². The van der Waals surface area contributed by atoms with Crippen molar-refractivity contribution < 1.29 is 14.6 Å². The Morgan fingerprint density at radius 3 is 2.89 bits per heavy atom. The zero-order valence-corrected chi connectivity index (χ0v) is 10.1. The number of benzene rings is 1. The molecule has 0 aliphatic heterocycles. The predicted octanol–water partition coefficient (Wildman–Crippen LogP) is 3.48. The van der Waals surface area contributed by atoms with Crippen LogP contribution in [-0.2, 0) is 4.74 Å². The van der Waals surface area contributed by atoms with E-state index in [0.29, 0.717) is 11.4 Å². The Kier molecular flexibility index (Phi) is 3.67. The smallest absolute Gasteiger partial charge is 0.417 e. The topological polar surface area (TPSA) is 58.6 Å². The van der Waals surface area contributed by atoms with E-state index in [4.69, 9.17) is 4.74 Å². The first-order chi connectivity index (χ1) is 8.65. The fourth-order valence-corrected chi connectivity index (χ4v) is 1.60. The molecule has 1 amide bonds. The Morgan fingerprint density at radius 2 is 2.22 bits per heavy atom. The number of hydrogen-bond donors (Lipinski definition) is 2. The number of rotatable bonds is 2. The zero-order valence-electron chi connectivity index (χ0n) is 10.1. The second kappa shape index (κ2) is 5.40. The number of allylic oxidation sites excluding steroid dienone is 3. The number of aromatic hydroxyl groups is 1. The molecule has 1 aliphatic rings. The Labute approximate surface area is 106 Å². The average Bonchev–Trinajstić information content (AvgIpc) is 2.35. The summed E-state index contributed by atoms with van der Waals surface area (Å²) < 4.78 is 5.11. The number of phenolic OH excluding ortho intramolecular Hbond substituents is 1. The van der Waals surface area contributed by atoms with Gasteiger partial charge in [0.05, 0.1) is 0 Å². The first kappa shape index (κ1) is 12.2. The number of nitrogens with one attached hydrogen (secondary N) is 1. The molecule has 0 unspecified atom stereocenters. The number of phenols is 1. The maximum absolute atomic E-state index is 11.6. The van der Waals surface area contributed by atoms with Gasteiger partial charge in [-0.15, -0.1) is 0 Å². The van der Waals surface area contributed by atoms with Crippen LogP contribution >= 0.6 is 0 Å². The van der Waals surface area contributed by atoms with E-state index in [1.807, 2.05) is 12.2 Å². The summed E-state index contributed by atoms with van der Waals surface area (Å²) >= 11 is 0. The van der Waals surface area contributed by atoms with Gasteiger partial charge in [-0.2, -0.15) is 0 Å². The van der Waals surface area contributed by atoms with Crippen LogP contribution in [0.25, 0.3) is 0 Å². The Balaban J connectivity index is 1.96. The van der Waals surface area contributed by atoms with E-state index in [-0.39, 0.29) is 5.75 Å². The van der Waals surface area contributed by atoms with Crippen molar-refractivity contribution in [3.05, 3.63) is 47.7 Å². The summed E-state index contributed by atoms with van der Waals surface area (Å²) in [6.07, 6.45) is 6.89. The molecule has 0 saturated heterocycles. The Bertz CT molecular complexity index is 518. The summed E-state index contributed by atoms with van der Waals surface area (Å²) in [6, 6.07) is 4.92. The lowest BCUT2D eigenvalue weighted by atomic mass is 10.2. The average molecular weight is 245 g/mol. The van der Waals surface area contributed by atoms with E-state index in [2.05, 4.69) is 5.32 Å². The van der Waals surface area contributed by atoms with E-state index in [1.54, 1.807) is 25.1 Å².